The van der Waals surface area contributed by atoms with E-state index in [4.69, 9.17) is 8.83 Å². The van der Waals surface area contributed by atoms with Crippen LogP contribution in [0.5, 0.6) is 0 Å². The number of aliphatic imine (C=N–C) groups is 1. The molecule has 7 nitrogen and oxygen atoms in total. The number of aromatic nitrogens is 4. The van der Waals surface area contributed by atoms with Gasteiger partial charge in [0, 0.05) is 0 Å². The quantitative estimate of drug-likeness (QED) is 0.468. The van der Waals surface area contributed by atoms with E-state index >= 15 is 0 Å². The summed E-state index contributed by atoms with van der Waals surface area (Å²) in [7, 11) is 0. The van der Waals surface area contributed by atoms with Gasteiger partial charge in [-0.3, -0.25) is 0 Å². The van der Waals surface area contributed by atoms with Gasteiger partial charge in [0.1, 0.15) is 17.2 Å². The molecule has 0 radical (unpaired) electrons. The molecular weight excluding hydrogens is 330 g/mol. The topological polar surface area (TPSA) is 96.0 Å². The first-order valence-corrected chi connectivity index (χ1v) is 8.03. The van der Waals surface area contributed by atoms with Crippen LogP contribution in [0.2, 0.25) is 0 Å². The summed E-state index contributed by atoms with van der Waals surface area (Å²) in [4.78, 5) is 19.8. The Hall–Kier alpha value is -3.87. The minimum atomic E-state index is 0.515. The maximum Gasteiger partial charge on any atom is 0.227 e. The largest absolute Gasteiger partial charge is 0.463 e. The van der Waals surface area contributed by atoms with Crippen molar-refractivity contribution in [3.63, 3.8) is 0 Å². The highest BCUT2D eigenvalue weighted by atomic mass is 16.3. The van der Waals surface area contributed by atoms with Crippen LogP contribution in [0, 0.1) is 0 Å². The van der Waals surface area contributed by atoms with Crippen molar-refractivity contribution in [1.82, 2.24) is 19.9 Å². The van der Waals surface area contributed by atoms with Crippen molar-refractivity contribution in [1.29, 1.82) is 0 Å². The molecule has 0 aliphatic carbocycles. The minimum absolute atomic E-state index is 0.515. The van der Waals surface area contributed by atoms with E-state index in [9.17, 15) is 0 Å². The highest BCUT2D eigenvalue weighted by Gasteiger charge is 2.17. The third kappa shape index (κ3) is 2.51. The second kappa shape index (κ2) is 5.89. The minimum Gasteiger partial charge on any atom is -0.463 e. The van der Waals surface area contributed by atoms with Gasteiger partial charge in [-0.2, -0.15) is 0 Å². The first-order chi connectivity index (χ1) is 12.9. The molecule has 5 aromatic rings. The smallest absolute Gasteiger partial charge is 0.227 e. The van der Waals surface area contributed by atoms with Gasteiger partial charge in [0.25, 0.3) is 0 Å². The Morgan fingerprint density at radius 3 is 2.42 bits per heavy atom. The molecule has 0 fully saturated rings. The average molecular weight is 343 g/mol. The van der Waals surface area contributed by atoms with Gasteiger partial charge < -0.3 is 18.8 Å². The number of H-pyrrole nitrogens is 2. The molecule has 0 saturated carbocycles. The Bertz CT molecular complexity index is 1100. The van der Waals surface area contributed by atoms with E-state index in [-0.39, 0.29) is 0 Å². The molecule has 0 unspecified atom stereocenters. The molecule has 0 saturated heterocycles. The van der Waals surface area contributed by atoms with Gasteiger partial charge in [-0.25, -0.2) is 15.0 Å². The van der Waals surface area contributed by atoms with E-state index in [1.165, 1.54) is 0 Å². The normalized spacial score (nSPS) is 11.7. The molecule has 126 valence electrons. The van der Waals surface area contributed by atoms with Crippen LogP contribution in [0.15, 0.2) is 74.9 Å². The number of hydrogen-bond acceptors (Lipinski definition) is 5. The maximum absolute atomic E-state index is 5.50. The lowest BCUT2D eigenvalue weighted by molar-refractivity contribution is 0.573. The molecule has 5 rings (SSSR count). The molecule has 0 bridgehead atoms. The molecular formula is C19H13N5O2. The number of furan rings is 2. The standard InChI is InChI=1S/C19H13N5O2/c1-2-6-13-12(5-1)21-19(22-13)20-11-16-23-17(14-7-3-9-25-14)18(24-16)15-8-4-10-26-15/h1-11H,(H,21,22)(H,23,24)/b20-11-. The van der Waals surface area contributed by atoms with E-state index < -0.39 is 0 Å². The second-order valence-corrected chi connectivity index (χ2v) is 5.64. The number of rotatable bonds is 4. The number of aromatic amines is 2. The summed E-state index contributed by atoms with van der Waals surface area (Å²) in [5.41, 5.74) is 3.20. The lowest BCUT2D eigenvalue weighted by Gasteiger charge is -1.95. The summed E-state index contributed by atoms with van der Waals surface area (Å²) in [6.07, 6.45) is 4.85. The Morgan fingerprint density at radius 2 is 1.65 bits per heavy atom. The summed E-state index contributed by atoms with van der Waals surface area (Å²) < 4.78 is 11.0. The molecule has 0 aliphatic heterocycles. The summed E-state index contributed by atoms with van der Waals surface area (Å²) in [6, 6.07) is 15.1. The van der Waals surface area contributed by atoms with E-state index in [0.717, 1.165) is 16.7 Å². The molecule has 0 spiro atoms. The Morgan fingerprint density at radius 1 is 0.846 bits per heavy atom. The molecule has 1 aromatic carbocycles. The van der Waals surface area contributed by atoms with Crippen LogP contribution < -0.4 is 0 Å². The van der Waals surface area contributed by atoms with Gasteiger partial charge in [0.05, 0.1) is 29.8 Å². The van der Waals surface area contributed by atoms with Crippen LogP contribution in [-0.4, -0.2) is 26.2 Å². The zero-order valence-electron chi connectivity index (χ0n) is 13.5. The summed E-state index contributed by atoms with van der Waals surface area (Å²) in [5, 5.41) is 0. The van der Waals surface area contributed by atoms with Gasteiger partial charge in [0.15, 0.2) is 11.5 Å². The first-order valence-electron chi connectivity index (χ1n) is 8.03. The highest BCUT2D eigenvalue weighted by molar-refractivity contribution is 5.84. The van der Waals surface area contributed by atoms with Crippen LogP contribution in [0.1, 0.15) is 5.82 Å². The fourth-order valence-corrected chi connectivity index (χ4v) is 2.77. The fraction of sp³-hybridized carbons (Fsp3) is 0. The number of imidazole rings is 2. The number of hydrogen-bond donors (Lipinski definition) is 2. The van der Waals surface area contributed by atoms with Crippen molar-refractivity contribution >= 4 is 23.2 Å². The zero-order chi connectivity index (χ0) is 17.3. The fourth-order valence-electron chi connectivity index (χ4n) is 2.77. The summed E-state index contributed by atoms with van der Waals surface area (Å²) >= 11 is 0. The van der Waals surface area contributed by atoms with Crippen molar-refractivity contribution in [2.24, 2.45) is 4.99 Å². The van der Waals surface area contributed by atoms with Crippen LogP contribution in [-0.2, 0) is 0 Å². The van der Waals surface area contributed by atoms with Crippen LogP contribution in [0.4, 0.5) is 5.95 Å². The van der Waals surface area contributed by atoms with E-state index in [2.05, 4.69) is 24.9 Å². The van der Waals surface area contributed by atoms with E-state index in [1.54, 1.807) is 18.7 Å². The summed E-state index contributed by atoms with van der Waals surface area (Å²) in [5.74, 6) is 2.41. The monoisotopic (exact) mass is 343 g/mol. The van der Waals surface area contributed by atoms with Gasteiger partial charge in [0.2, 0.25) is 5.95 Å². The first kappa shape index (κ1) is 14.5. The third-order valence-electron chi connectivity index (χ3n) is 3.93. The molecule has 0 aliphatic rings. The highest BCUT2D eigenvalue weighted by Crippen LogP contribution is 2.30. The predicted octanol–water partition coefficient (Wildman–Crippen LogP) is 4.56. The molecule has 4 heterocycles. The SMILES string of the molecule is C(=N/c1nc2ccccc2[nH]1)/c1nc(-c2ccco2)c(-c2ccco2)[nH]1. The molecule has 7 heteroatoms. The number of para-hydroxylation sites is 2. The Balaban J connectivity index is 1.54. The number of nitrogens with one attached hydrogen (secondary N) is 2. The van der Waals surface area contributed by atoms with Crippen molar-refractivity contribution in [3.05, 3.63) is 66.9 Å². The number of benzene rings is 1. The zero-order valence-corrected chi connectivity index (χ0v) is 13.5. The molecule has 0 atom stereocenters. The number of nitrogens with zero attached hydrogens (tertiary/aromatic N) is 3. The van der Waals surface area contributed by atoms with Crippen molar-refractivity contribution in [2.75, 3.05) is 0 Å². The Kier molecular flexibility index (Phi) is 3.28. The van der Waals surface area contributed by atoms with Crippen molar-refractivity contribution in [2.45, 2.75) is 0 Å². The van der Waals surface area contributed by atoms with Crippen LogP contribution >= 0.6 is 0 Å². The van der Waals surface area contributed by atoms with Crippen molar-refractivity contribution < 1.29 is 8.83 Å². The molecule has 26 heavy (non-hydrogen) atoms. The van der Waals surface area contributed by atoms with Gasteiger partial charge in [-0.1, -0.05) is 12.1 Å². The van der Waals surface area contributed by atoms with Gasteiger partial charge in [-0.05, 0) is 36.4 Å². The average Bonchev–Trinajstić information content (AvgIpc) is 3.46. The lowest BCUT2D eigenvalue weighted by Crippen LogP contribution is -1.84. The summed E-state index contributed by atoms with van der Waals surface area (Å²) in [6.45, 7) is 0. The second-order valence-electron chi connectivity index (χ2n) is 5.64. The van der Waals surface area contributed by atoms with E-state index in [1.807, 2.05) is 48.5 Å². The Labute approximate surface area is 147 Å². The maximum atomic E-state index is 5.50. The molecule has 0 amide bonds. The predicted molar refractivity (Wildman–Crippen MR) is 97.3 cm³/mol. The third-order valence-corrected chi connectivity index (χ3v) is 3.93. The van der Waals surface area contributed by atoms with Crippen LogP contribution in [0.3, 0.4) is 0 Å². The molecule has 4 aromatic heterocycles. The van der Waals surface area contributed by atoms with Gasteiger partial charge >= 0.3 is 0 Å². The number of fused-ring (bicyclic) bond motifs is 1. The molecule has 2 N–H and O–H groups in total. The van der Waals surface area contributed by atoms with E-state index in [0.29, 0.717) is 29.0 Å². The lowest BCUT2D eigenvalue weighted by atomic mass is 10.2. The van der Waals surface area contributed by atoms with Crippen molar-refractivity contribution in [3.8, 4) is 22.9 Å². The van der Waals surface area contributed by atoms with Crippen LogP contribution in [0.25, 0.3) is 33.9 Å². The van der Waals surface area contributed by atoms with Gasteiger partial charge in [-0.15, -0.1) is 0 Å².